The Morgan fingerprint density at radius 1 is 1.10 bits per heavy atom. The van der Waals surface area contributed by atoms with E-state index in [0.29, 0.717) is 29.3 Å². The lowest BCUT2D eigenvalue weighted by Crippen LogP contribution is -2.41. The first-order valence-electron chi connectivity index (χ1n) is 10.0. The van der Waals surface area contributed by atoms with E-state index in [-0.39, 0.29) is 23.8 Å². The number of nitrogens with one attached hydrogen (secondary N) is 1. The molecule has 1 saturated heterocycles. The summed E-state index contributed by atoms with van der Waals surface area (Å²) in [6, 6.07) is 14.3. The van der Waals surface area contributed by atoms with Crippen LogP contribution in [0.25, 0.3) is 0 Å². The molecule has 0 spiro atoms. The molecule has 1 atom stereocenters. The molecule has 1 fully saturated rings. The summed E-state index contributed by atoms with van der Waals surface area (Å²) in [6.07, 6.45) is 1.99. The first-order valence-corrected chi connectivity index (χ1v) is 10.4. The molecule has 1 aliphatic heterocycles. The van der Waals surface area contributed by atoms with Crippen LogP contribution in [0.3, 0.4) is 0 Å². The lowest BCUT2D eigenvalue weighted by Gasteiger charge is -2.32. The average Bonchev–Trinajstić information content (AvgIpc) is 2.72. The van der Waals surface area contributed by atoms with Crippen LogP contribution in [0.2, 0.25) is 5.02 Å². The molecule has 154 valence electrons. The van der Waals surface area contributed by atoms with E-state index in [4.69, 9.17) is 16.3 Å². The van der Waals surface area contributed by atoms with Crippen LogP contribution in [0.5, 0.6) is 5.75 Å². The van der Waals surface area contributed by atoms with E-state index in [0.717, 1.165) is 25.1 Å². The van der Waals surface area contributed by atoms with Gasteiger partial charge in [0.15, 0.2) is 0 Å². The van der Waals surface area contributed by atoms with E-state index in [1.165, 1.54) is 0 Å². The molecule has 0 aromatic heterocycles. The number of amides is 2. The first kappa shape index (κ1) is 21.2. The summed E-state index contributed by atoms with van der Waals surface area (Å²) in [6.45, 7) is 5.84. The van der Waals surface area contributed by atoms with Crippen LogP contribution >= 0.6 is 11.6 Å². The summed E-state index contributed by atoms with van der Waals surface area (Å²) in [4.78, 5) is 26.6. The molecule has 0 unspecified atom stereocenters. The van der Waals surface area contributed by atoms with Gasteiger partial charge in [0.25, 0.3) is 11.8 Å². The van der Waals surface area contributed by atoms with Crippen molar-refractivity contribution in [3.05, 3.63) is 64.7 Å². The van der Waals surface area contributed by atoms with Crippen LogP contribution in [-0.2, 0) is 0 Å². The molecular formula is C23H27ClN2O3. The number of carbonyl (C=O) groups excluding carboxylic acids is 2. The van der Waals surface area contributed by atoms with Crippen molar-refractivity contribution in [2.75, 3.05) is 19.7 Å². The molecule has 29 heavy (non-hydrogen) atoms. The Kier molecular flexibility index (Phi) is 7.15. The Morgan fingerprint density at radius 3 is 2.41 bits per heavy atom. The van der Waals surface area contributed by atoms with E-state index in [1.54, 1.807) is 36.4 Å². The van der Waals surface area contributed by atoms with Gasteiger partial charge < -0.3 is 15.0 Å². The first-order chi connectivity index (χ1) is 13.9. The van der Waals surface area contributed by atoms with Gasteiger partial charge in [-0.2, -0.15) is 0 Å². The fourth-order valence-electron chi connectivity index (χ4n) is 3.42. The topological polar surface area (TPSA) is 58.6 Å². The van der Waals surface area contributed by atoms with Gasteiger partial charge in [-0.15, -0.1) is 0 Å². The Morgan fingerprint density at radius 2 is 1.76 bits per heavy atom. The number of nitrogens with zero attached hydrogens (tertiary/aromatic N) is 1. The van der Waals surface area contributed by atoms with Crippen molar-refractivity contribution in [1.29, 1.82) is 0 Å². The van der Waals surface area contributed by atoms with Crippen molar-refractivity contribution >= 4 is 23.4 Å². The maximum absolute atomic E-state index is 12.7. The summed E-state index contributed by atoms with van der Waals surface area (Å²) in [5, 5.41) is 3.49. The zero-order valence-electron chi connectivity index (χ0n) is 16.9. The molecular weight excluding hydrogens is 388 g/mol. The Labute approximate surface area is 177 Å². The van der Waals surface area contributed by atoms with Crippen molar-refractivity contribution < 1.29 is 14.3 Å². The van der Waals surface area contributed by atoms with Gasteiger partial charge in [0, 0.05) is 41.2 Å². The van der Waals surface area contributed by atoms with Gasteiger partial charge in [-0.25, -0.2) is 0 Å². The van der Waals surface area contributed by atoms with Crippen molar-refractivity contribution in [3.63, 3.8) is 0 Å². The van der Waals surface area contributed by atoms with E-state index < -0.39 is 0 Å². The van der Waals surface area contributed by atoms with Crippen molar-refractivity contribution in [1.82, 2.24) is 10.2 Å². The summed E-state index contributed by atoms with van der Waals surface area (Å²) in [5.74, 6) is 0.957. The monoisotopic (exact) mass is 414 g/mol. The lowest BCUT2D eigenvalue weighted by atomic mass is 9.98. The van der Waals surface area contributed by atoms with Gasteiger partial charge in [-0.3, -0.25) is 9.59 Å². The summed E-state index contributed by atoms with van der Waals surface area (Å²) in [5.41, 5.74) is 1.27. The number of benzene rings is 2. The molecule has 2 aromatic carbocycles. The van der Waals surface area contributed by atoms with Gasteiger partial charge in [0.2, 0.25) is 0 Å². The molecule has 2 aromatic rings. The molecule has 0 bridgehead atoms. The zero-order chi connectivity index (χ0) is 20.8. The Hall–Kier alpha value is -2.53. The van der Waals surface area contributed by atoms with Gasteiger partial charge in [-0.05, 0) is 75.2 Å². The summed E-state index contributed by atoms with van der Waals surface area (Å²) >= 11 is 5.91. The minimum atomic E-state index is -0.0878. The lowest BCUT2D eigenvalue weighted by molar-refractivity contribution is 0.0633. The highest BCUT2D eigenvalue weighted by atomic mass is 35.5. The second-order valence-corrected chi connectivity index (χ2v) is 8.17. The number of piperidine rings is 1. The van der Waals surface area contributed by atoms with Crippen LogP contribution in [-0.4, -0.2) is 42.5 Å². The van der Waals surface area contributed by atoms with E-state index in [2.05, 4.69) is 5.32 Å². The third-order valence-electron chi connectivity index (χ3n) is 4.92. The van der Waals surface area contributed by atoms with E-state index >= 15 is 0 Å². The largest absolute Gasteiger partial charge is 0.493 e. The second-order valence-electron chi connectivity index (χ2n) is 7.73. The number of hydrogen-bond acceptors (Lipinski definition) is 3. The molecule has 3 rings (SSSR count). The van der Waals surface area contributed by atoms with Crippen LogP contribution in [0.4, 0.5) is 0 Å². The number of halogens is 1. The maximum Gasteiger partial charge on any atom is 0.253 e. The number of hydrogen-bond donors (Lipinski definition) is 1. The minimum Gasteiger partial charge on any atom is -0.493 e. The van der Waals surface area contributed by atoms with Crippen molar-refractivity contribution in [3.8, 4) is 5.75 Å². The van der Waals surface area contributed by atoms with Gasteiger partial charge in [-0.1, -0.05) is 11.6 Å². The van der Waals surface area contributed by atoms with Crippen LogP contribution in [0.15, 0.2) is 48.5 Å². The third-order valence-corrected chi connectivity index (χ3v) is 5.17. The molecule has 0 radical (unpaired) electrons. The maximum atomic E-state index is 12.7. The third kappa shape index (κ3) is 5.97. The fraction of sp³-hybridized carbons (Fsp3) is 0.391. The molecule has 5 nitrogen and oxygen atoms in total. The zero-order valence-corrected chi connectivity index (χ0v) is 17.6. The summed E-state index contributed by atoms with van der Waals surface area (Å²) in [7, 11) is 0. The highest BCUT2D eigenvalue weighted by molar-refractivity contribution is 6.30. The van der Waals surface area contributed by atoms with Crippen LogP contribution < -0.4 is 10.1 Å². The quantitative estimate of drug-likeness (QED) is 0.761. The average molecular weight is 415 g/mol. The molecule has 0 saturated carbocycles. The van der Waals surface area contributed by atoms with Crippen LogP contribution in [0.1, 0.15) is 47.4 Å². The molecule has 1 heterocycles. The van der Waals surface area contributed by atoms with Gasteiger partial charge in [0.1, 0.15) is 5.75 Å². The fourth-order valence-corrected chi connectivity index (χ4v) is 3.55. The van der Waals surface area contributed by atoms with Crippen molar-refractivity contribution in [2.45, 2.75) is 32.7 Å². The highest BCUT2D eigenvalue weighted by Crippen LogP contribution is 2.21. The normalized spacial score (nSPS) is 16.6. The van der Waals surface area contributed by atoms with Gasteiger partial charge >= 0.3 is 0 Å². The Balaban J connectivity index is 1.52. The smallest absolute Gasteiger partial charge is 0.253 e. The number of rotatable bonds is 6. The Bertz CT molecular complexity index is 834. The molecule has 1 aliphatic rings. The molecule has 6 heteroatoms. The van der Waals surface area contributed by atoms with E-state index in [1.807, 2.05) is 30.9 Å². The highest BCUT2D eigenvalue weighted by Gasteiger charge is 2.25. The molecule has 2 amide bonds. The predicted octanol–water partition coefficient (Wildman–Crippen LogP) is 4.41. The van der Waals surface area contributed by atoms with E-state index in [9.17, 15) is 9.59 Å². The molecule has 0 aliphatic carbocycles. The summed E-state index contributed by atoms with van der Waals surface area (Å²) < 4.78 is 5.92. The molecule has 1 N–H and O–H groups in total. The predicted molar refractivity (Wildman–Crippen MR) is 115 cm³/mol. The SMILES string of the molecule is CC(C)NC(=O)c1ccc(OC[C@@H]2CCCN(C(=O)c3ccc(Cl)cc3)C2)cc1. The second kappa shape index (κ2) is 9.79. The van der Waals surface area contributed by atoms with Crippen LogP contribution in [0, 0.1) is 5.92 Å². The number of likely N-dealkylation sites (tertiary alicyclic amines) is 1. The number of carbonyl (C=O) groups is 2. The number of ether oxygens (including phenoxy) is 1. The van der Waals surface area contributed by atoms with Gasteiger partial charge in [0.05, 0.1) is 6.61 Å². The van der Waals surface area contributed by atoms with Crippen molar-refractivity contribution in [2.24, 2.45) is 5.92 Å². The standard InChI is InChI=1S/C23H27ClN2O3/c1-16(2)25-22(27)18-7-11-21(12-8-18)29-15-17-4-3-13-26(14-17)23(28)19-5-9-20(24)10-6-19/h5-12,16-17H,3-4,13-15H2,1-2H3,(H,25,27)/t17-/m1/s1. The minimum absolute atomic E-state index is 0.0342.